The molecule has 0 unspecified atom stereocenters. The number of nitrogens with one attached hydrogen (secondary N) is 1. The highest BCUT2D eigenvalue weighted by Gasteiger charge is 2.48. The number of carbonyl (C=O) groups is 2. The van der Waals surface area contributed by atoms with Crippen LogP contribution >= 0.6 is 0 Å². The zero-order valence-electron chi connectivity index (χ0n) is 18.6. The molecule has 1 aliphatic heterocycles. The third-order valence-electron chi connectivity index (χ3n) is 6.69. The molecule has 7 heteroatoms. The standard InChI is InChI=1S/C24H33N3O4/c1-24(23(29)25-18-9-5-3-4-6-10-18)17-26-19(21-11-7-16-31-21)12-13-20(26)22(28)27(24)14-8-15-30-2/h7,11-13,16,18H,3-6,8-10,14-15,17H2,1-2H3,(H,25,29)/t24-/m1/s1. The van der Waals surface area contributed by atoms with Gasteiger partial charge in [0, 0.05) is 26.3 Å². The molecule has 2 aliphatic rings. The molecule has 4 rings (SSSR count). The first kappa shape index (κ1) is 21.7. The SMILES string of the molecule is COCCCN1C(=O)c2ccc(-c3ccco3)n2C[C@]1(C)C(=O)NC1CCCCCC1. The van der Waals surface area contributed by atoms with Crippen molar-refractivity contribution in [3.8, 4) is 11.5 Å². The Balaban J connectivity index is 1.65. The average molecular weight is 428 g/mol. The molecule has 1 N–H and O–H groups in total. The lowest BCUT2D eigenvalue weighted by molar-refractivity contribution is -0.133. The maximum atomic E-state index is 13.6. The van der Waals surface area contributed by atoms with Gasteiger partial charge >= 0.3 is 0 Å². The first-order valence-electron chi connectivity index (χ1n) is 11.4. The predicted molar refractivity (Wildman–Crippen MR) is 118 cm³/mol. The normalized spacial score (nSPS) is 22.3. The second kappa shape index (κ2) is 9.30. The first-order valence-corrected chi connectivity index (χ1v) is 11.4. The minimum absolute atomic E-state index is 0.0742. The lowest BCUT2D eigenvalue weighted by atomic mass is 9.93. The number of carbonyl (C=O) groups excluding carboxylic acids is 2. The van der Waals surface area contributed by atoms with Gasteiger partial charge in [-0.1, -0.05) is 25.7 Å². The number of furan rings is 1. The van der Waals surface area contributed by atoms with Crippen molar-refractivity contribution in [3.05, 3.63) is 36.2 Å². The molecule has 2 amide bonds. The molecule has 31 heavy (non-hydrogen) atoms. The number of hydrogen-bond acceptors (Lipinski definition) is 4. The van der Waals surface area contributed by atoms with E-state index in [1.165, 1.54) is 12.8 Å². The van der Waals surface area contributed by atoms with Crippen LogP contribution in [0.5, 0.6) is 0 Å². The fourth-order valence-corrected chi connectivity index (χ4v) is 4.89. The van der Waals surface area contributed by atoms with E-state index < -0.39 is 5.54 Å². The Morgan fingerprint density at radius 2 is 1.94 bits per heavy atom. The maximum absolute atomic E-state index is 13.6. The van der Waals surface area contributed by atoms with Crippen LogP contribution in [0.4, 0.5) is 0 Å². The van der Waals surface area contributed by atoms with Crippen LogP contribution in [0, 0.1) is 0 Å². The van der Waals surface area contributed by atoms with E-state index in [0.717, 1.165) is 31.4 Å². The molecule has 0 spiro atoms. The third kappa shape index (κ3) is 4.28. The summed E-state index contributed by atoms with van der Waals surface area (Å²) >= 11 is 0. The minimum Gasteiger partial charge on any atom is -0.463 e. The summed E-state index contributed by atoms with van der Waals surface area (Å²) in [4.78, 5) is 28.9. The van der Waals surface area contributed by atoms with Crippen LogP contribution in [0.3, 0.4) is 0 Å². The van der Waals surface area contributed by atoms with Crippen LogP contribution < -0.4 is 5.32 Å². The summed E-state index contributed by atoms with van der Waals surface area (Å²) < 4.78 is 12.7. The fraction of sp³-hybridized carbons (Fsp3) is 0.583. The second-order valence-corrected chi connectivity index (χ2v) is 8.91. The molecule has 3 heterocycles. The number of aromatic nitrogens is 1. The van der Waals surface area contributed by atoms with Gasteiger partial charge in [-0.15, -0.1) is 0 Å². The van der Waals surface area contributed by atoms with Crippen LogP contribution in [-0.2, 0) is 16.1 Å². The van der Waals surface area contributed by atoms with Crippen molar-refractivity contribution < 1.29 is 18.7 Å². The van der Waals surface area contributed by atoms with E-state index in [0.29, 0.717) is 37.6 Å². The molecule has 1 atom stereocenters. The number of amides is 2. The summed E-state index contributed by atoms with van der Waals surface area (Å²) in [6.07, 6.45) is 9.05. The fourth-order valence-electron chi connectivity index (χ4n) is 4.89. The Hall–Kier alpha value is -2.54. The maximum Gasteiger partial charge on any atom is 0.271 e. The topological polar surface area (TPSA) is 76.7 Å². The van der Waals surface area contributed by atoms with Gasteiger partial charge in [0.25, 0.3) is 5.91 Å². The summed E-state index contributed by atoms with van der Waals surface area (Å²) in [6, 6.07) is 7.61. The van der Waals surface area contributed by atoms with Gasteiger partial charge in [-0.3, -0.25) is 9.59 Å². The summed E-state index contributed by atoms with van der Waals surface area (Å²) in [5.74, 6) is 0.493. The van der Waals surface area contributed by atoms with E-state index in [-0.39, 0.29) is 17.9 Å². The number of rotatable bonds is 7. The number of ether oxygens (including phenoxy) is 1. The van der Waals surface area contributed by atoms with E-state index in [9.17, 15) is 9.59 Å². The molecule has 2 aromatic heterocycles. The molecule has 0 radical (unpaired) electrons. The van der Waals surface area contributed by atoms with E-state index >= 15 is 0 Å². The molecule has 168 valence electrons. The Morgan fingerprint density at radius 1 is 1.19 bits per heavy atom. The molecular formula is C24H33N3O4. The Labute approximate surface area is 183 Å². The quantitative estimate of drug-likeness (QED) is 0.538. The summed E-state index contributed by atoms with van der Waals surface area (Å²) in [7, 11) is 1.65. The van der Waals surface area contributed by atoms with Crippen LogP contribution in [0.1, 0.15) is 62.4 Å². The van der Waals surface area contributed by atoms with Gasteiger partial charge in [0.05, 0.1) is 18.5 Å². The van der Waals surface area contributed by atoms with Gasteiger partial charge in [-0.25, -0.2) is 0 Å². The molecule has 2 aromatic rings. The van der Waals surface area contributed by atoms with Crippen LogP contribution in [0.2, 0.25) is 0 Å². The molecule has 1 fully saturated rings. The number of hydrogen-bond donors (Lipinski definition) is 1. The first-order chi connectivity index (χ1) is 15.0. The molecule has 7 nitrogen and oxygen atoms in total. The van der Waals surface area contributed by atoms with Crippen molar-refractivity contribution in [1.82, 2.24) is 14.8 Å². The van der Waals surface area contributed by atoms with Crippen molar-refractivity contribution in [2.45, 2.75) is 70.0 Å². The summed E-state index contributed by atoms with van der Waals surface area (Å²) in [5, 5.41) is 3.29. The lowest BCUT2D eigenvalue weighted by Crippen LogP contribution is -2.65. The highest BCUT2D eigenvalue weighted by molar-refractivity contribution is 6.00. The predicted octanol–water partition coefficient (Wildman–Crippen LogP) is 3.84. The summed E-state index contributed by atoms with van der Waals surface area (Å²) in [5.41, 5.74) is 0.423. The van der Waals surface area contributed by atoms with Crippen molar-refractivity contribution in [3.63, 3.8) is 0 Å². The van der Waals surface area contributed by atoms with E-state index in [2.05, 4.69) is 5.32 Å². The van der Waals surface area contributed by atoms with Gasteiger partial charge in [-0.05, 0) is 50.5 Å². The zero-order chi connectivity index (χ0) is 21.8. The van der Waals surface area contributed by atoms with E-state index in [1.54, 1.807) is 18.3 Å². The van der Waals surface area contributed by atoms with Crippen molar-refractivity contribution in [2.75, 3.05) is 20.3 Å². The van der Waals surface area contributed by atoms with Gasteiger partial charge in [0.2, 0.25) is 5.91 Å². The Morgan fingerprint density at radius 3 is 2.61 bits per heavy atom. The van der Waals surface area contributed by atoms with Crippen LogP contribution in [-0.4, -0.2) is 53.1 Å². The number of nitrogens with zero attached hydrogens (tertiary/aromatic N) is 2. The van der Waals surface area contributed by atoms with Crippen LogP contribution in [0.25, 0.3) is 11.5 Å². The molecule has 1 saturated carbocycles. The second-order valence-electron chi connectivity index (χ2n) is 8.91. The highest BCUT2D eigenvalue weighted by atomic mass is 16.5. The van der Waals surface area contributed by atoms with Gasteiger partial charge in [-0.2, -0.15) is 0 Å². The van der Waals surface area contributed by atoms with Crippen molar-refractivity contribution in [1.29, 1.82) is 0 Å². The number of methoxy groups -OCH3 is 1. The van der Waals surface area contributed by atoms with E-state index in [4.69, 9.17) is 9.15 Å². The number of fused-ring (bicyclic) bond motifs is 1. The molecular weight excluding hydrogens is 394 g/mol. The smallest absolute Gasteiger partial charge is 0.271 e. The van der Waals surface area contributed by atoms with Gasteiger partial charge in [0.15, 0.2) is 0 Å². The van der Waals surface area contributed by atoms with Gasteiger partial charge < -0.3 is 23.9 Å². The summed E-state index contributed by atoms with van der Waals surface area (Å²) in [6.45, 7) is 3.30. The monoisotopic (exact) mass is 427 g/mol. The third-order valence-corrected chi connectivity index (χ3v) is 6.69. The molecule has 1 aliphatic carbocycles. The molecule has 0 saturated heterocycles. The minimum atomic E-state index is -0.982. The van der Waals surface area contributed by atoms with Gasteiger partial charge in [0.1, 0.15) is 17.0 Å². The molecule has 0 aromatic carbocycles. The van der Waals surface area contributed by atoms with E-state index in [1.807, 2.05) is 35.8 Å². The average Bonchev–Trinajstić information content (AvgIpc) is 3.35. The zero-order valence-corrected chi connectivity index (χ0v) is 18.6. The Kier molecular flexibility index (Phi) is 6.51. The Bertz CT molecular complexity index is 896. The van der Waals surface area contributed by atoms with Crippen molar-refractivity contribution >= 4 is 11.8 Å². The highest BCUT2D eigenvalue weighted by Crippen LogP contribution is 2.33. The largest absolute Gasteiger partial charge is 0.463 e. The molecule has 0 bridgehead atoms. The van der Waals surface area contributed by atoms with Crippen molar-refractivity contribution in [2.24, 2.45) is 0 Å². The lowest BCUT2D eigenvalue weighted by Gasteiger charge is -2.45. The van der Waals surface area contributed by atoms with Crippen LogP contribution in [0.15, 0.2) is 34.9 Å².